The maximum Gasteiger partial charge on any atom is 0.270 e. The predicted molar refractivity (Wildman–Crippen MR) is 80.4 cm³/mol. The molecular formula is C14H18N4OS. The molecule has 0 bridgehead atoms. The molecule has 0 N–H and O–H groups in total. The molecule has 3 rings (SSSR count). The third kappa shape index (κ3) is 2.91. The minimum Gasteiger partial charge on any atom is -0.478 e. The molecule has 0 aliphatic carbocycles. The van der Waals surface area contributed by atoms with Crippen LogP contribution in [0.15, 0.2) is 30.3 Å². The number of hydrogen-bond donors (Lipinski definition) is 0. The molecule has 1 aliphatic rings. The molecule has 0 radical (unpaired) electrons. The van der Waals surface area contributed by atoms with Gasteiger partial charge >= 0.3 is 0 Å². The van der Waals surface area contributed by atoms with E-state index in [1.54, 1.807) is 7.11 Å². The highest BCUT2D eigenvalue weighted by Gasteiger charge is 2.22. The number of benzene rings is 1. The molecule has 0 atom stereocenters. The Hall–Kier alpha value is -1.66. The van der Waals surface area contributed by atoms with Crippen molar-refractivity contribution in [2.24, 2.45) is 0 Å². The molecule has 0 saturated carbocycles. The largest absolute Gasteiger partial charge is 0.478 e. The molecule has 1 aliphatic heterocycles. The van der Waals surface area contributed by atoms with Gasteiger partial charge in [0.2, 0.25) is 5.82 Å². The zero-order valence-electron chi connectivity index (χ0n) is 11.5. The van der Waals surface area contributed by atoms with Crippen molar-refractivity contribution < 1.29 is 4.74 Å². The van der Waals surface area contributed by atoms with Gasteiger partial charge in [0.25, 0.3) is 5.88 Å². The van der Waals surface area contributed by atoms with E-state index >= 15 is 0 Å². The number of hydrogen-bond acceptors (Lipinski definition) is 6. The summed E-state index contributed by atoms with van der Waals surface area (Å²) in [6, 6.07) is 10.6. The lowest BCUT2D eigenvalue weighted by Gasteiger charge is -2.34. The topological polar surface area (TPSA) is 41.5 Å². The van der Waals surface area contributed by atoms with Crippen molar-refractivity contribution in [3.05, 3.63) is 35.9 Å². The van der Waals surface area contributed by atoms with E-state index in [4.69, 9.17) is 4.74 Å². The van der Waals surface area contributed by atoms with Crippen LogP contribution in [0.1, 0.15) is 5.56 Å². The molecule has 1 fully saturated rings. The van der Waals surface area contributed by atoms with Crippen LogP contribution in [-0.4, -0.2) is 46.9 Å². The maximum absolute atomic E-state index is 5.24. The summed E-state index contributed by atoms with van der Waals surface area (Å²) in [6.45, 7) is 5.02. The van der Waals surface area contributed by atoms with Gasteiger partial charge in [-0.25, -0.2) is 0 Å². The quantitative estimate of drug-likeness (QED) is 0.860. The van der Waals surface area contributed by atoms with Crippen molar-refractivity contribution in [2.75, 3.05) is 38.2 Å². The second-order valence-electron chi connectivity index (χ2n) is 4.85. The van der Waals surface area contributed by atoms with Gasteiger partial charge < -0.3 is 9.64 Å². The third-order valence-corrected chi connectivity index (χ3v) is 4.06. The summed E-state index contributed by atoms with van der Waals surface area (Å²) in [6.07, 6.45) is 0. The van der Waals surface area contributed by atoms with E-state index < -0.39 is 0 Å². The van der Waals surface area contributed by atoms with Crippen LogP contribution in [0.25, 0.3) is 0 Å². The minimum absolute atomic E-state index is 0.645. The molecule has 1 saturated heterocycles. The van der Waals surface area contributed by atoms with Gasteiger partial charge in [0.05, 0.1) is 18.8 Å². The van der Waals surface area contributed by atoms with Gasteiger partial charge in [-0.05, 0) is 5.56 Å². The van der Waals surface area contributed by atoms with Crippen LogP contribution in [0.4, 0.5) is 5.82 Å². The van der Waals surface area contributed by atoms with E-state index in [-0.39, 0.29) is 0 Å². The molecular weight excluding hydrogens is 272 g/mol. The summed E-state index contributed by atoms with van der Waals surface area (Å²) in [5, 5.41) is 0. The van der Waals surface area contributed by atoms with Crippen LogP contribution in [0.5, 0.6) is 5.88 Å². The third-order valence-electron chi connectivity index (χ3n) is 3.56. The second-order valence-corrected chi connectivity index (χ2v) is 5.37. The highest BCUT2D eigenvalue weighted by atomic mass is 32.1. The fourth-order valence-corrected chi connectivity index (χ4v) is 3.00. The summed E-state index contributed by atoms with van der Waals surface area (Å²) in [5.41, 5.74) is 1.37. The summed E-state index contributed by atoms with van der Waals surface area (Å²) < 4.78 is 13.7. The van der Waals surface area contributed by atoms with Gasteiger partial charge in [-0.3, -0.25) is 4.90 Å². The molecule has 0 spiro atoms. The molecule has 0 amide bonds. The number of methoxy groups -OCH3 is 1. The summed E-state index contributed by atoms with van der Waals surface area (Å²) in [7, 11) is 1.64. The van der Waals surface area contributed by atoms with E-state index in [0.29, 0.717) is 5.88 Å². The number of anilines is 1. The van der Waals surface area contributed by atoms with E-state index in [9.17, 15) is 0 Å². The van der Waals surface area contributed by atoms with Crippen LogP contribution < -0.4 is 9.64 Å². The first-order valence-electron chi connectivity index (χ1n) is 6.74. The molecule has 1 aromatic heterocycles. The van der Waals surface area contributed by atoms with Crippen LogP contribution >= 0.6 is 11.7 Å². The Kier molecular flexibility index (Phi) is 4.13. The van der Waals surface area contributed by atoms with Gasteiger partial charge in [-0.1, -0.05) is 30.3 Å². The van der Waals surface area contributed by atoms with E-state index in [2.05, 4.69) is 48.9 Å². The first-order valence-corrected chi connectivity index (χ1v) is 7.47. The smallest absolute Gasteiger partial charge is 0.270 e. The Morgan fingerprint density at radius 3 is 2.55 bits per heavy atom. The van der Waals surface area contributed by atoms with Gasteiger partial charge in [0.1, 0.15) is 0 Å². The van der Waals surface area contributed by atoms with Crippen LogP contribution in [0.2, 0.25) is 0 Å². The lowest BCUT2D eigenvalue weighted by atomic mass is 10.2. The average Bonchev–Trinajstić information content (AvgIpc) is 2.98. The van der Waals surface area contributed by atoms with Crippen molar-refractivity contribution in [1.82, 2.24) is 13.6 Å². The van der Waals surface area contributed by atoms with Crippen LogP contribution in [0.3, 0.4) is 0 Å². The number of rotatable bonds is 4. The fourth-order valence-electron chi connectivity index (χ4n) is 2.46. The van der Waals surface area contributed by atoms with Crippen molar-refractivity contribution in [3.8, 4) is 5.88 Å². The van der Waals surface area contributed by atoms with Gasteiger partial charge in [0, 0.05) is 32.7 Å². The van der Waals surface area contributed by atoms with E-state index in [1.807, 2.05) is 0 Å². The Bertz CT molecular complexity index is 537. The van der Waals surface area contributed by atoms with Crippen molar-refractivity contribution in [3.63, 3.8) is 0 Å². The molecule has 106 valence electrons. The lowest BCUT2D eigenvalue weighted by Crippen LogP contribution is -2.46. The maximum atomic E-state index is 5.24. The molecule has 20 heavy (non-hydrogen) atoms. The Labute approximate surface area is 123 Å². The van der Waals surface area contributed by atoms with Gasteiger partial charge in [-0.2, -0.15) is 4.37 Å². The van der Waals surface area contributed by atoms with Crippen LogP contribution in [0, 0.1) is 0 Å². The monoisotopic (exact) mass is 290 g/mol. The molecule has 6 heteroatoms. The molecule has 1 aromatic carbocycles. The Morgan fingerprint density at radius 2 is 1.85 bits per heavy atom. The van der Waals surface area contributed by atoms with Crippen molar-refractivity contribution in [2.45, 2.75) is 6.54 Å². The average molecular weight is 290 g/mol. The number of piperazine rings is 1. The first kappa shape index (κ1) is 13.3. The van der Waals surface area contributed by atoms with Crippen LogP contribution in [-0.2, 0) is 6.54 Å². The Morgan fingerprint density at radius 1 is 1.10 bits per heavy atom. The highest BCUT2D eigenvalue weighted by Crippen LogP contribution is 2.26. The van der Waals surface area contributed by atoms with E-state index in [0.717, 1.165) is 38.5 Å². The second kappa shape index (κ2) is 6.19. The summed E-state index contributed by atoms with van der Waals surface area (Å²) in [4.78, 5) is 4.72. The van der Waals surface area contributed by atoms with Crippen molar-refractivity contribution in [1.29, 1.82) is 0 Å². The molecule has 2 heterocycles. The number of nitrogens with zero attached hydrogens (tertiary/aromatic N) is 4. The van der Waals surface area contributed by atoms with E-state index in [1.165, 1.54) is 17.3 Å². The van der Waals surface area contributed by atoms with Gasteiger partial charge in [0.15, 0.2) is 0 Å². The molecule has 5 nitrogen and oxygen atoms in total. The van der Waals surface area contributed by atoms with Gasteiger partial charge in [-0.15, -0.1) is 4.37 Å². The number of aromatic nitrogens is 2. The standard InChI is InChI=1S/C14H18N4OS/c1-19-14-13(15-20-16-14)18-9-7-17(8-10-18)11-12-5-3-2-4-6-12/h2-6H,7-11H2,1H3. The SMILES string of the molecule is COc1nsnc1N1CCN(Cc2ccccc2)CC1. The predicted octanol–water partition coefficient (Wildman–Crippen LogP) is 1.87. The lowest BCUT2D eigenvalue weighted by molar-refractivity contribution is 0.248. The number of ether oxygens (including phenoxy) is 1. The zero-order chi connectivity index (χ0) is 13.8. The Balaban J connectivity index is 1.57. The zero-order valence-corrected chi connectivity index (χ0v) is 12.3. The highest BCUT2D eigenvalue weighted by molar-refractivity contribution is 6.99. The first-order chi connectivity index (χ1) is 9.86. The molecule has 2 aromatic rings. The summed E-state index contributed by atoms with van der Waals surface area (Å²) in [5.74, 6) is 1.53. The molecule has 0 unspecified atom stereocenters. The fraction of sp³-hybridized carbons (Fsp3) is 0.429. The minimum atomic E-state index is 0.645. The van der Waals surface area contributed by atoms with Crippen molar-refractivity contribution >= 4 is 17.5 Å². The summed E-state index contributed by atoms with van der Waals surface area (Å²) >= 11 is 1.21. The normalized spacial score (nSPS) is 16.4.